The van der Waals surface area contributed by atoms with Crippen LogP contribution in [-0.4, -0.2) is 52.5 Å². The van der Waals surface area contributed by atoms with E-state index in [0.29, 0.717) is 39.6 Å². The van der Waals surface area contributed by atoms with E-state index in [1.165, 1.54) is 12.7 Å². The summed E-state index contributed by atoms with van der Waals surface area (Å²) >= 11 is 0. The van der Waals surface area contributed by atoms with E-state index in [-0.39, 0.29) is 6.29 Å². The molecule has 0 aromatic heterocycles. The first-order valence-corrected chi connectivity index (χ1v) is 6.54. The maximum absolute atomic E-state index is 5.52. The van der Waals surface area contributed by atoms with E-state index in [1.807, 2.05) is 0 Å². The lowest BCUT2D eigenvalue weighted by atomic mass is 10.2. The third kappa shape index (κ3) is 8.47. The highest BCUT2D eigenvalue weighted by atomic mass is 16.7. The Labute approximate surface area is 109 Å². The Morgan fingerprint density at radius 3 is 2.39 bits per heavy atom. The van der Waals surface area contributed by atoms with Gasteiger partial charge in [0.05, 0.1) is 39.3 Å². The van der Waals surface area contributed by atoms with E-state index in [9.17, 15) is 0 Å². The highest BCUT2D eigenvalue weighted by Crippen LogP contribution is 2.13. The van der Waals surface area contributed by atoms with Crippen LogP contribution < -0.4 is 0 Å². The Morgan fingerprint density at radius 2 is 1.72 bits per heavy atom. The average Bonchev–Trinajstić information content (AvgIpc) is 2.42. The van der Waals surface area contributed by atoms with Crippen LogP contribution in [0.2, 0.25) is 0 Å². The SMILES string of the molecule is C=COCCOCCOCCOC1CCCCO1. The van der Waals surface area contributed by atoms with Crippen LogP contribution in [0.25, 0.3) is 0 Å². The van der Waals surface area contributed by atoms with E-state index in [1.54, 1.807) is 0 Å². The fourth-order valence-electron chi connectivity index (χ4n) is 1.59. The summed E-state index contributed by atoms with van der Waals surface area (Å²) in [6, 6.07) is 0. The van der Waals surface area contributed by atoms with E-state index < -0.39 is 0 Å². The topological polar surface area (TPSA) is 46.2 Å². The summed E-state index contributed by atoms with van der Waals surface area (Å²) in [4.78, 5) is 0. The molecular weight excluding hydrogens is 236 g/mol. The zero-order chi connectivity index (χ0) is 12.9. The Bertz CT molecular complexity index is 192. The Morgan fingerprint density at radius 1 is 1.00 bits per heavy atom. The molecule has 1 aliphatic heterocycles. The van der Waals surface area contributed by atoms with Crippen LogP contribution in [0.3, 0.4) is 0 Å². The average molecular weight is 260 g/mol. The highest BCUT2D eigenvalue weighted by Gasteiger charge is 2.13. The van der Waals surface area contributed by atoms with Crippen molar-refractivity contribution in [3.63, 3.8) is 0 Å². The van der Waals surface area contributed by atoms with E-state index in [0.717, 1.165) is 19.4 Å². The summed E-state index contributed by atoms with van der Waals surface area (Å²) < 4.78 is 26.5. The van der Waals surface area contributed by atoms with E-state index in [4.69, 9.17) is 23.7 Å². The first-order chi connectivity index (χ1) is 8.93. The van der Waals surface area contributed by atoms with Gasteiger partial charge >= 0.3 is 0 Å². The summed E-state index contributed by atoms with van der Waals surface area (Å²) in [7, 11) is 0. The second-order valence-electron chi connectivity index (χ2n) is 3.93. The molecule has 106 valence electrons. The van der Waals surface area contributed by atoms with E-state index >= 15 is 0 Å². The van der Waals surface area contributed by atoms with Gasteiger partial charge in [-0.05, 0) is 19.3 Å². The summed E-state index contributed by atoms with van der Waals surface area (Å²) in [5.74, 6) is 0. The summed E-state index contributed by atoms with van der Waals surface area (Å²) in [6.45, 7) is 7.63. The molecule has 5 nitrogen and oxygen atoms in total. The minimum Gasteiger partial charge on any atom is -0.499 e. The van der Waals surface area contributed by atoms with Crippen molar-refractivity contribution in [1.82, 2.24) is 0 Å². The maximum atomic E-state index is 5.52. The largest absolute Gasteiger partial charge is 0.499 e. The molecule has 0 saturated carbocycles. The maximum Gasteiger partial charge on any atom is 0.157 e. The third-order valence-corrected chi connectivity index (χ3v) is 2.50. The van der Waals surface area contributed by atoms with E-state index in [2.05, 4.69) is 6.58 Å². The van der Waals surface area contributed by atoms with Crippen molar-refractivity contribution in [1.29, 1.82) is 0 Å². The van der Waals surface area contributed by atoms with Crippen LogP contribution in [0.1, 0.15) is 19.3 Å². The Kier molecular flexibility index (Phi) is 9.84. The predicted octanol–water partition coefficient (Wildman–Crippen LogP) is 1.72. The molecule has 1 saturated heterocycles. The zero-order valence-corrected chi connectivity index (χ0v) is 11.0. The van der Waals surface area contributed by atoms with Gasteiger partial charge in [0.15, 0.2) is 6.29 Å². The zero-order valence-electron chi connectivity index (χ0n) is 11.0. The van der Waals surface area contributed by atoms with Crippen molar-refractivity contribution >= 4 is 0 Å². The van der Waals surface area contributed by atoms with Crippen molar-refractivity contribution in [2.45, 2.75) is 25.6 Å². The number of rotatable bonds is 11. The number of hydrogen-bond acceptors (Lipinski definition) is 5. The Hall–Kier alpha value is -0.620. The standard InChI is InChI=1S/C13H24O5/c1-2-14-7-8-15-9-10-16-11-12-18-13-5-3-4-6-17-13/h2,13H,1,3-12H2. The molecular formula is C13H24O5. The smallest absolute Gasteiger partial charge is 0.157 e. The first-order valence-electron chi connectivity index (χ1n) is 6.54. The molecule has 18 heavy (non-hydrogen) atoms. The van der Waals surface area contributed by atoms with Gasteiger partial charge in [0.1, 0.15) is 6.61 Å². The van der Waals surface area contributed by atoms with Crippen LogP contribution in [0.15, 0.2) is 12.8 Å². The normalized spacial score (nSPS) is 19.7. The first kappa shape index (κ1) is 15.4. The molecule has 5 heteroatoms. The highest BCUT2D eigenvalue weighted by molar-refractivity contribution is 4.53. The second kappa shape index (κ2) is 11.5. The number of ether oxygens (including phenoxy) is 5. The van der Waals surface area contributed by atoms with Gasteiger partial charge in [0, 0.05) is 6.61 Å². The minimum absolute atomic E-state index is 0.0327. The van der Waals surface area contributed by atoms with Gasteiger partial charge in [-0.25, -0.2) is 0 Å². The van der Waals surface area contributed by atoms with Gasteiger partial charge in [-0.1, -0.05) is 6.58 Å². The van der Waals surface area contributed by atoms with Gasteiger partial charge in [0.25, 0.3) is 0 Å². The van der Waals surface area contributed by atoms with Crippen molar-refractivity contribution in [2.75, 3.05) is 46.2 Å². The lowest BCUT2D eigenvalue weighted by Gasteiger charge is -2.22. The predicted molar refractivity (Wildman–Crippen MR) is 67.3 cm³/mol. The van der Waals surface area contributed by atoms with Crippen LogP contribution >= 0.6 is 0 Å². The van der Waals surface area contributed by atoms with Gasteiger partial charge in [-0.3, -0.25) is 0 Å². The number of hydrogen-bond donors (Lipinski definition) is 0. The second-order valence-corrected chi connectivity index (χ2v) is 3.93. The molecule has 0 amide bonds. The molecule has 0 N–H and O–H groups in total. The minimum atomic E-state index is -0.0327. The van der Waals surface area contributed by atoms with Crippen LogP contribution in [0, 0.1) is 0 Å². The molecule has 1 fully saturated rings. The molecule has 0 radical (unpaired) electrons. The van der Waals surface area contributed by atoms with Gasteiger partial charge in [-0.2, -0.15) is 0 Å². The van der Waals surface area contributed by atoms with Crippen LogP contribution in [0.4, 0.5) is 0 Å². The molecule has 1 heterocycles. The molecule has 0 aliphatic carbocycles. The molecule has 0 aromatic rings. The van der Waals surface area contributed by atoms with Crippen molar-refractivity contribution in [3.05, 3.63) is 12.8 Å². The van der Waals surface area contributed by atoms with Gasteiger partial charge < -0.3 is 23.7 Å². The van der Waals surface area contributed by atoms with Crippen molar-refractivity contribution in [2.24, 2.45) is 0 Å². The van der Waals surface area contributed by atoms with Crippen LogP contribution in [0.5, 0.6) is 0 Å². The molecule has 1 unspecified atom stereocenters. The van der Waals surface area contributed by atoms with Crippen LogP contribution in [-0.2, 0) is 23.7 Å². The van der Waals surface area contributed by atoms with Crippen molar-refractivity contribution < 1.29 is 23.7 Å². The fourth-order valence-corrected chi connectivity index (χ4v) is 1.59. The molecule has 0 spiro atoms. The van der Waals surface area contributed by atoms with Crippen molar-refractivity contribution in [3.8, 4) is 0 Å². The molecule has 1 rings (SSSR count). The van der Waals surface area contributed by atoms with Gasteiger partial charge in [0.2, 0.25) is 0 Å². The lowest BCUT2D eigenvalue weighted by molar-refractivity contribution is -0.169. The van der Waals surface area contributed by atoms with Gasteiger partial charge in [-0.15, -0.1) is 0 Å². The lowest BCUT2D eigenvalue weighted by Crippen LogP contribution is -2.24. The fraction of sp³-hybridized carbons (Fsp3) is 0.846. The monoisotopic (exact) mass is 260 g/mol. The summed E-state index contributed by atoms with van der Waals surface area (Å²) in [5.41, 5.74) is 0. The molecule has 0 bridgehead atoms. The quantitative estimate of drug-likeness (QED) is 0.418. The molecule has 1 aliphatic rings. The summed E-state index contributed by atoms with van der Waals surface area (Å²) in [6.07, 6.45) is 4.70. The molecule has 0 aromatic carbocycles. The molecule has 1 atom stereocenters. The summed E-state index contributed by atoms with van der Waals surface area (Å²) in [5, 5.41) is 0. The third-order valence-electron chi connectivity index (χ3n) is 2.50. The Balaban J connectivity index is 1.74.